The average Bonchev–Trinajstić information content (AvgIpc) is 3.31. The van der Waals surface area contributed by atoms with Gasteiger partial charge in [0.15, 0.2) is 17.6 Å². The molecule has 0 amide bonds. The Kier molecular flexibility index (Phi) is 4.97. The highest BCUT2D eigenvalue weighted by molar-refractivity contribution is 5.92. The number of fused-ring (bicyclic) bond motifs is 1. The van der Waals surface area contributed by atoms with Gasteiger partial charge in [-0.1, -0.05) is 6.07 Å². The summed E-state index contributed by atoms with van der Waals surface area (Å²) in [6.07, 6.45) is 4.46. The third-order valence-electron chi connectivity index (χ3n) is 5.44. The monoisotopic (exact) mass is 370 g/mol. The summed E-state index contributed by atoms with van der Waals surface area (Å²) in [4.78, 5) is 6.54. The maximum atomic E-state index is 13.4. The number of nitrogens with one attached hydrogen (secondary N) is 1. The van der Waals surface area contributed by atoms with Crippen molar-refractivity contribution >= 4 is 17.3 Å². The van der Waals surface area contributed by atoms with Crippen LogP contribution in [0.3, 0.4) is 0 Å². The van der Waals surface area contributed by atoms with E-state index in [1.165, 1.54) is 29.7 Å². The molecular weight excluding hydrogens is 346 g/mol. The van der Waals surface area contributed by atoms with E-state index in [-0.39, 0.29) is 0 Å². The van der Waals surface area contributed by atoms with Gasteiger partial charge in [-0.15, -0.1) is 0 Å². The molecule has 142 valence electrons. The van der Waals surface area contributed by atoms with Crippen LogP contribution in [0.5, 0.6) is 0 Å². The summed E-state index contributed by atoms with van der Waals surface area (Å²) in [5.41, 5.74) is 10.6. The first-order valence-corrected chi connectivity index (χ1v) is 9.47. The van der Waals surface area contributed by atoms with Crippen molar-refractivity contribution in [3.63, 3.8) is 0 Å². The highest BCUT2D eigenvalue weighted by atomic mass is 19.2. The molecule has 0 spiro atoms. The first-order valence-electron chi connectivity index (χ1n) is 9.47. The fourth-order valence-electron chi connectivity index (χ4n) is 3.96. The minimum atomic E-state index is -0.815. The lowest BCUT2D eigenvalue weighted by Crippen LogP contribution is -2.25. The van der Waals surface area contributed by atoms with Crippen LogP contribution in [0.1, 0.15) is 24.0 Å². The van der Waals surface area contributed by atoms with Gasteiger partial charge in [0.2, 0.25) is 0 Å². The third-order valence-corrected chi connectivity index (χ3v) is 5.44. The maximum Gasteiger partial charge on any atom is 0.193 e. The highest BCUT2D eigenvalue weighted by Crippen LogP contribution is 2.26. The van der Waals surface area contributed by atoms with Crippen molar-refractivity contribution in [3.05, 3.63) is 59.2 Å². The van der Waals surface area contributed by atoms with Crippen LogP contribution in [-0.4, -0.2) is 25.6 Å². The Balaban J connectivity index is 1.32. The van der Waals surface area contributed by atoms with Crippen molar-refractivity contribution in [2.45, 2.75) is 25.7 Å². The van der Waals surface area contributed by atoms with E-state index in [0.717, 1.165) is 38.0 Å². The summed E-state index contributed by atoms with van der Waals surface area (Å²) >= 11 is 0. The normalized spacial score (nSPS) is 19.4. The lowest BCUT2D eigenvalue weighted by Gasteiger charge is -2.18. The Hall–Kier alpha value is -2.63. The van der Waals surface area contributed by atoms with Crippen molar-refractivity contribution in [1.82, 2.24) is 0 Å². The first kappa shape index (κ1) is 17.8. The van der Waals surface area contributed by atoms with Gasteiger partial charge in [-0.3, -0.25) is 4.99 Å². The summed E-state index contributed by atoms with van der Waals surface area (Å²) < 4.78 is 26.5. The summed E-state index contributed by atoms with van der Waals surface area (Å²) in [5, 5.41) is 3.18. The Labute approximate surface area is 158 Å². The van der Waals surface area contributed by atoms with E-state index in [2.05, 4.69) is 27.3 Å². The average molecular weight is 370 g/mol. The molecule has 2 aromatic rings. The summed E-state index contributed by atoms with van der Waals surface area (Å²) in [6.45, 7) is 2.19. The summed E-state index contributed by atoms with van der Waals surface area (Å²) in [5.74, 6) is -0.862. The second-order valence-corrected chi connectivity index (χ2v) is 7.39. The van der Waals surface area contributed by atoms with E-state index >= 15 is 0 Å². The molecule has 0 saturated carbocycles. The fourth-order valence-corrected chi connectivity index (χ4v) is 3.96. The molecule has 3 N–H and O–H groups in total. The number of guanidine groups is 1. The number of hydrogen-bond donors (Lipinski definition) is 2. The zero-order valence-electron chi connectivity index (χ0n) is 15.2. The number of nitrogens with two attached hydrogens (primary N) is 1. The molecule has 1 unspecified atom stereocenters. The Morgan fingerprint density at radius 3 is 2.81 bits per heavy atom. The summed E-state index contributed by atoms with van der Waals surface area (Å²) in [7, 11) is 0. The van der Waals surface area contributed by atoms with E-state index in [4.69, 9.17) is 5.73 Å². The number of nitrogens with zero attached hydrogens (tertiary/aromatic N) is 2. The molecule has 0 radical (unpaired) electrons. The lowest BCUT2D eigenvalue weighted by atomic mass is 10.1. The molecule has 1 aliphatic heterocycles. The number of aryl methyl sites for hydroxylation is 2. The van der Waals surface area contributed by atoms with Crippen molar-refractivity contribution < 1.29 is 8.78 Å². The standard InChI is InChI=1S/C21H24F2N4/c22-19-7-6-18(11-20(19)23)27-9-8-14(13-27)12-25-21(24)26-17-5-4-15-2-1-3-16(15)10-17/h4-7,10-11,14H,1-3,8-9,12-13H2,(H3,24,25,26). The van der Waals surface area contributed by atoms with E-state index < -0.39 is 11.6 Å². The second-order valence-electron chi connectivity index (χ2n) is 7.39. The van der Waals surface area contributed by atoms with Crippen LogP contribution in [0.2, 0.25) is 0 Å². The second kappa shape index (κ2) is 7.55. The Morgan fingerprint density at radius 2 is 1.96 bits per heavy atom. The zero-order chi connectivity index (χ0) is 18.8. The van der Waals surface area contributed by atoms with Crippen molar-refractivity contribution in [2.24, 2.45) is 16.6 Å². The summed E-state index contributed by atoms with van der Waals surface area (Å²) in [6, 6.07) is 10.4. The molecule has 1 saturated heterocycles. The van der Waals surface area contributed by atoms with Gasteiger partial charge in [0, 0.05) is 37.1 Å². The third kappa shape index (κ3) is 4.04. The van der Waals surface area contributed by atoms with Crippen LogP contribution in [0.15, 0.2) is 41.4 Å². The van der Waals surface area contributed by atoms with E-state index in [1.807, 2.05) is 6.07 Å². The molecule has 2 aliphatic rings. The molecule has 0 aromatic heterocycles. The van der Waals surface area contributed by atoms with Gasteiger partial charge in [0.25, 0.3) is 0 Å². The highest BCUT2D eigenvalue weighted by Gasteiger charge is 2.23. The van der Waals surface area contributed by atoms with Gasteiger partial charge in [-0.2, -0.15) is 0 Å². The van der Waals surface area contributed by atoms with Gasteiger partial charge in [0.05, 0.1) is 0 Å². The van der Waals surface area contributed by atoms with Crippen LogP contribution >= 0.6 is 0 Å². The molecule has 1 aliphatic carbocycles. The number of aliphatic imine (C=N–C) groups is 1. The van der Waals surface area contributed by atoms with Gasteiger partial charge >= 0.3 is 0 Å². The molecule has 1 atom stereocenters. The van der Waals surface area contributed by atoms with Gasteiger partial charge < -0.3 is 16.0 Å². The van der Waals surface area contributed by atoms with E-state index in [1.54, 1.807) is 6.07 Å². The number of rotatable bonds is 4. The smallest absolute Gasteiger partial charge is 0.193 e. The molecule has 4 rings (SSSR count). The number of hydrogen-bond acceptors (Lipinski definition) is 2. The Bertz CT molecular complexity index is 865. The zero-order valence-corrected chi connectivity index (χ0v) is 15.2. The predicted octanol–water partition coefficient (Wildman–Crippen LogP) is 3.71. The maximum absolute atomic E-state index is 13.4. The van der Waals surface area contributed by atoms with Gasteiger partial charge in [-0.05, 0) is 67.0 Å². The quantitative estimate of drug-likeness (QED) is 0.637. The molecular formula is C21H24F2N4. The minimum absolute atomic E-state index is 0.346. The van der Waals surface area contributed by atoms with E-state index in [0.29, 0.717) is 24.1 Å². The molecule has 27 heavy (non-hydrogen) atoms. The topological polar surface area (TPSA) is 53.6 Å². The van der Waals surface area contributed by atoms with Crippen LogP contribution in [0.4, 0.5) is 20.2 Å². The van der Waals surface area contributed by atoms with Crippen LogP contribution < -0.4 is 16.0 Å². The van der Waals surface area contributed by atoms with Gasteiger partial charge in [-0.25, -0.2) is 8.78 Å². The van der Waals surface area contributed by atoms with Crippen molar-refractivity contribution in [1.29, 1.82) is 0 Å². The largest absolute Gasteiger partial charge is 0.371 e. The molecule has 6 heteroatoms. The van der Waals surface area contributed by atoms with E-state index in [9.17, 15) is 8.78 Å². The SMILES string of the molecule is NC(=NCC1CCN(c2ccc(F)c(F)c2)C1)Nc1ccc2c(c1)CCC2. The molecule has 1 heterocycles. The van der Waals surface area contributed by atoms with Crippen LogP contribution in [-0.2, 0) is 12.8 Å². The Morgan fingerprint density at radius 1 is 1.11 bits per heavy atom. The number of benzene rings is 2. The molecule has 4 nitrogen and oxygen atoms in total. The first-order chi connectivity index (χ1) is 13.1. The van der Waals surface area contributed by atoms with Crippen LogP contribution in [0.25, 0.3) is 0 Å². The lowest BCUT2D eigenvalue weighted by molar-refractivity contribution is 0.508. The molecule has 2 aromatic carbocycles. The van der Waals surface area contributed by atoms with Crippen molar-refractivity contribution in [2.75, 3.05) is 29.9 Å². The predicted molar refractivity (Wildman–Crippen MR) is 105 cm³/mol. The molecule has 1 fully saturated rings. The van der Waals surface area contributed by atoms with Gasteiger partial charge in [0.1, 0.15) is 0 Å². The minimum Gasteiger partial charge on any atom is -0.371 e. The number of halogens is 2. The van der Waals surface area contributed by atoms with Crippen molar-refractivity contribution in [3.8, 4) is 0 Å². The van der Waals surface area contributed by atoms with Crippen LogP contribution in [0, 0.1) is 17.6 Å². The fraction of sp³-hybridized carbons (Fsp3) is 0.381. The number of anilines is 2. The molecule has 0 bridgehead atoms.